The van der Waals surface area contributed by atoms with Crippen LogP contribution in [-0.2, 0) is 0 Å². The molecule has 0 aliphatic heterocycles. The number of hydrogen-bond acceptors (Lipinski definition) is 4. The van der Waals surface area contributed by atoms with Crippen molar-refractivity contribution in [3.63, 3.8) is 0 Å². The zero-order valence-electron chi connectivity index (χ0n) is 8.32. The zero-order valence-corrected chi connectivity index (χ0v) is 8.32. The standard InChI is InChI=1S/C10H13N3O/c1-4-6-11-10-12-7-5-9(13-10)14-8(2)3/h1,5,7-8H,6H2,2-3H3,(H,11,12,13). The summed E-state index contributed by atoms with van der Waals surface area (Å²) in [6, 6.07) is 1.71. The van der Waals surface area contributed by atoms with E-state index >= 15 is 0 Å². The number of terminal acetylenes is 1. The molecule has 4 nitrogen and oxygen atoms in total. The van der Waals surface area contributed by atoms with E-state index in [0.29, 0.717) is 18.4 Å². The Morgan fingerprint density at radius 2 is 2.43 bits per heavy atom. The smallest absolute Gasteiger partial charge is 0.226 e. The summed E-state index contributed by atoms with van der Waals surface area (Å²) in [7, 11) is 0. The van der Waals surface area contributed by atoms with E-state index < -0.39 is 0 Å². The largest absolute Gasteiger partial charge is 0.475 e. The topological polar surface area (TPSA) is 47.0 Å². The number of nitrogens with zero attached hydrogens (tertiary/aromatic N) is 2. The lowest BCUT2D eigenvalue weighted by Crippen LogP contribution is -2.09. The molecule has 4 heteroatoms. The molecule has 1 rings (SSSR count). The van der Waals surface area contributed by atoms with Gasteiger partial charge in [-0.2, -0.15) is 4.98 Å². The highest BCUT2D eigenvalue weighted by atomic mass is 16.5. The average molecular weight is 191 g/mol. The lowest BCUT2D eigenvalue weighted by molar-refractivity contribution is 0.232. The van der Waals surface area contributed by atoms with Crippen molar-refractivity contribution in [2.24, 2.45) is 0 Å². The van der Waals surface area contributed by atoms with Crippen LogP contribution in [0, 0.1) is 12.3 Å². The van der Waals surface area contributed by atoms with E-state index in [1.807, 2.05) is 13.8 Å². The molecular formula is C10H13N3O. The molecule has 0 amide bonds. The first-order chi connectivity index (χ1) is 6.72. The van der Waals surface area contributed by atoms with E-state index in [0.717, 1.165) is 0 Å². The van der Waals surface area contributed by atoms with Gasteiger partial charge < -0.3 is 10.1 Å². The summed E-state index contributed by atoms with van der Waals surface area (Å²) in [6.07, 6.45) is 6.83. The fourth-order valence-corrected chi connectivity index (χ4v) is 0.865. The number of aromatic nitrogens is 2. The second kappa shape index (κ2) is 5.07. The Balaban J connectivity index is 2.65. The summed E-state index contributed by atoms with van der Waals surface area (Å²) >= 11 is 0. The number of ether oxygens (including phenoxy) is 1. The predicted molar refractivity (Wildman–Crippen MR) is 55.1 cm³/mol. The van der Waals surface area contributed by atoms with Crippen LogP contribution in [0.25, 0.3) is 0 Å². The van der Waals surface area contributed by atoms with E-state index in [1.54, 1.807) is 12.3 Å². The second-order valence-electron chi connectivity index (χ2n) is 2.94. The van der Waals surface area contributed by atoms with E-state index in [4.69, 9.17) is 11.2 Å². The van der Waals surface area contributed by atoms with Crippen LogP contribution in [0.3, 0.4) is 0 Å². The van der Waals surface area contributed by atoms with E-state index in [9.17, 15) is 0 Å². The molecule has 0 saturated heterocycles. The molecule has 0 aliphatic rings. The third-order valence-corrected chi connectivity index (χ3v) is 1.34. The molecule has 1 N–H and O–H groups in total. The van der Waals surface area contributed by atoms with Gasteiger partial charge in [-0.25, -0.2) is 4.98 Å². The first kappa shape index (κ1) is 10.3. The summed E-state index contributed by atoms with van der Waals surface area (Å²) in [4.78, 5) is 8.10. The maximum Gasteiger partial charge on any atom is 0.226 e. The first-order valence-corrected chi connectivity index (χ1v) is 4.39. The van der Waals surface area contributed by atoms with Gasteiger partial charge >= 0.3 is 0 Å². The van der Waals surface area contributed by atoms with Gasteiger partial charge in [0.2, 0.25) is 11.8 Å². The van der Waals surface area contributed by atoms with Crippen molar-refractivity contribution in [2.45, 2.75) is 20.0 Å². The highest BCUT2D eigenvalue weighted by Gasteiger charge is 2.00. The Bertz CT molecular complexity index is 330. The molecule has 1 aromatic heterocycles. The molecule has 0 radical (unpaired) electrons. The van der Waals surface area contributed by atoms with Crippen molar-refractivity contribution in [2.75, 3.05) is 11.9 Å². The molecule has 0 atom stereocenters. The Labute approximate surface area is 83.7 Å². The van der Waals surface area contributed by atoms with Gasteiger partial charge in [-0.3, -0.25) is 0 Å². The zero-order chi connectivity index (χ0) is 10.4. The van der Waals surface area contributed by atoms with Crippen LogP contribution in [0.5, 0.6) is 5.88 Å². The van der Waals surface area contributed by atoms with Gasteiger partial charge in [-0.05, 0) is 13.8 Å². The van der Waals surface area contributed by atoms with E-state index in [2.05, 4.69) is 21.2 Å². The number of anilines is 1. The van der Waals surface area contributed by atoms with Gasteiger partial charge in [0, 0.05) is 12.3 Å². The summed E-state index contributed by atoms with van der Waals surface area (Å²) in [5, 5.41) is 2.87. The van der Waals surface area contributed by atoms with Crippen molar-refractivity contribution in [1.82, 2.24) is 9.97 Å². The minimum absolute atomic E-state index is 0.102. The molecule has 14 heavy (non-hydrogen) atoms. The van der Waals surface area contributed by atoms with Gasteiger partial charge in [0.05, 0.1) is 12.6 Å². The maximum atomic E-state index is 5.39. The normalized spacial score (nSPS) is 9.57. The quantitative estimate of drug-likeness (QED) is 0.729. The summed E-state index contributed by atoms with van der Waals surface area (Å²) in [5.41, 5.74) is 0. The minimum atomic E-state index is 0.102. The Morgan fingerprint density at radius 1 is 1.64 bits per heavy atom. The fourth-order valence-electron chi connectivity index (χ4n) is 0.865. The lowest BCUT2D eigenvalue weighted by atomic mass is 10.5. The van der Waals surface area contributed by atoms with Crippen LogP contribution < -0.4 is 10.1 Å². The molecule has 0 aliphatic carbocycles. The van der Waals surface area contributed by atoms with E-state index in [1.165, 1.54) is 0 Å². The SMILES string of the molecule is C#CCNc1nccc(OC(C)C)n1. The van der Waals surface area contributed by atoms with Crippen LogP contribution in [0.15, 0.2) is 12.3 Å². The molecule has 1 heterocycles. The van der Waals surface area contributed by atoms with Crippen molar-refractivity contribution in [3.05, 3.63) is 12.3 Å². The molecule has 0 saturated carbocycles. The van der Waals surface area contributed by atoms with E-state index in [-0.39, 0.29) is 6.10 Å². The van der Waals surface area contributed by atoms with Crippen LogP contribution in [-0.4, -0.2) is 22.6 Å². The van der Waals surface area contributed by atoms with Crippen LogP contribution in [0.1, 0.15) is 13.8 Å². The predicted octanol–water partition coefficient (Wildman–Crippen LogP) is 1.31. The molecule has 0 fully saturated rings. The van der Waals surface area contributed by atoms with Crippen molar-refractivity contribution in [1.29, 1.82) is 0 Å². The van der Waals surface area contributed by atoms with Gasteiger partial charge in [-0.1, -0.05) is 5.92 Å². The molecular weight excluding hydrogens is 178 g/mol. The fraction of sp³-hybridized carbons (Fsp3) is 0.400. The Kier molecular flexibility index (Phi) is 3.74. The molecule has 0 unspecified atom stereocenters. The van der Waals surface area contributed by atoms with Crippen LogP contribution in [0.4, 0.5) is 5.95 Å². The maximum absolute atomic E-state index is 5.39. The van der Waals surface area contributed by atoms with Crippen LogP contribution >= 0.6 is 0 Å². The average Bonchev–Trinajstić information content (AvgIpc) is 2.14. The molecule has 0 aromatic carbocycles. The van der Waals surface area contributed by atoms with Crippen molar-refractivity contribution < 1.29 is 4.74 Å². The summed E-state index contributed by atoms with van der Waals surface area (Å²) in [5.74, 6) is 3.48. The third kappa shape index (κ3) is 3.31. The highest BCUT2D eigenvalue weighted by Crippen LogP contribution is 2.09. The molecule has 0 spiro atoms. The Morgan fingerprint density at radius 3 is 3.07 bits per heavy atom. The van der Waals surface area contributed by atoms with Crippen LogP contribution in [0.2, 0.25) is 0 Å². The summed E-state index contributed by atoms with van der Waals surface area (Å²) < 4.78 is 5.39. The monoisotopic (exact) mass is 191 g/mol. The molecule has 74 valence electrons. The van der Waals surface area contributed by atoms with Crippen molar-refractivity contribution in [3.8, 4) is 18.2 Å². The highest BCUT2D eigenvalue weighted by molar-refractivity contribution is 5.29. The lowest BCUT2D eigenvalue weighted by Gasteiger charge is -2.08. The Hall–Kier alpha value is -1.76. The minimum Gasteiger partial charge on any atom is -0.475 e. The van der Waals surface area contributed by atoms with Gasteiger partial charge in [-0.15, -0.1) is 6.42 Å². The number of nitrogens with one attached hydrogen (secondary N) is 1. The summed E-state index contributed by atoms with van der Waals surface area (Å²) in [6.45, 7) is 4.29. The number of rotatable bonds is 4. The van der Waals surface area contributed by atoms with Gasteiger partial charge in [0.15, 0.2) is 0 Å². The van der Waals surface area contributed by atoms with Gasteiger partial charge in [0.1, 0.15) is 0 Å². The van der Waals surface area contributed by atoms with Crippen molar-refractivity contribution >= 4 is 5.95 Å². The molecule has 1 aromatic rings. The molecule has 0 bridgehead atoms. The second-order valence-corrected chi connectivity index (χ2v) is 2.94. The number of hydrogen-bond donors (Lipinski definition) is 1. The first-order valence-electron chi connectivity index (χ1n) is 4.39. The third-order valence-electron chi connectivity index (χ3n) is 1.34. The van der Waals surface area contributed by atoms with Gasteiger partial charge in [0.25, 0.3) is 0 Å².